The second-order valence-electron chi connectivity index (χ2n) is 7.51. The molecule has 6 nitrogen and oxygen atoms in total. The van der Waals surface area contributed by atoms with E-state index in [-0.39, 0.29) is 17.6 Å². The Kier molecular flexibility index (Phi) is 5.91. The van der Waals surface area contributed by atoms with Crippen LogP contribution < -0.4 is 10.7 Å². The monoisotopic (exact) mass is 435 g/mol. The zero-order chi connectivity index (χ0) is 22.0. The molecule has 0 bridgehead atoms. The molecule has 7 heteroatoms. The molecular formula is C24H22ClN3O3. The minimum atomic E-state index is -0.385. The SMILES string of the molecule is Cc1cccc(NC(=O)c2oc3c(c2C)/C(=N/NC(=O)c2ccccc2Cl)CCC3)c1. The predicted octanol–water partition coefficient (Wildman–Crippen LogP) is 5.27. The summed E-state index contributed by atoms with van der Waals surface area (Å²) in [5.74, 6) is 0.281. The van der Waals surface area contributed by atoms with E-state index in [0.29, 0.717) is 46.2 Å². The predicted molar refractivity (Wildman–Crippen MR) is 121 cm³/mol. The van der Waals surface area contributed by atoms with E-state index < -0.39 is 0 Å². The van der Waals surface area contributed by atoms with E-state index >= 15 is 0 Å². The number of nitrogens with zero attached hydrogens (tertiary/aromatic N) is 1. The molecule has 1 aromatic heterocycles. The molecular weight excluding hydrogens is 414 g/mol. The van der Waals surface area contributed by atoms with Crippen molar-refractivity contribution in [2.45, 2.75) is 33.1 Å². The van der Waals surface area contributed by atoms with E-state index in [1.54, 1.807) is 24.3 Å². The zero-order valence-electron chi connectivity index (χ0n) is 17.3. The van der Waals surface area contributed by atoms with E-state index in [1.807, 2.05) is 38.1 Å². The summed E-state index contributed by atoms with van der Waals surface area (Å²) in [6, 6.07) is 14.4. The molecule has 0 unspecified atom stereocenters. The van der Waals surface area contributed by atoms with Gasteiger partial charge in [0.05, 0.1) is 16.3 Å². The van der Waals surface area contributed by atoms with Crippen LogP contribution in [0.4, 0.5) is 5.69 Å². The topological polar surface area (TPSA) is 83.7 Å². The quantitative estimate of drug-likeness (QED) is 0.547. The van der Waals surface area contributed by atoms with E-state index in [9.17, 15) is 9.59 Å². The molecule has 1 aliphatic carbocycles. The fourth-order valence-electron chi connectivity index (χ4n) is 3.73. The van der Waals surface area contributed by atoms with Crippen molar-refractivity contribution in [3.05, 3.63) is 87.3 Å². The first kappa shape index (κ1) is 20.9. The third kappa shape index (κ3) is 4.39. The number of rotatable bonds is 4. The lowest BCUT2D eigenvalue weighted by molar-refractivity contribution is 0.0953. The average Bonchev–Trinajstić information content (AvgIpc) is 3.10. The van der Waals surface area contributed by atoms with Gasteiger partial charge in [-0.05, 0) is 56.5 Å². The van der Waals surface area contributed by atoms with Crippen molar-refractivity contribution < 1.29 is 14.0 Å². The summed E-state index contributed by atoms with van der Waals surface area (Å²) in [6.07, 6.45) is 2.21. The smallest absolute Gasteiger partial charge is 0.291 e. The lowest BCUT2D eigenvalue weighted by Crippen LogP contribution is -2.22. The van der Waals surface area contributed by atoms with Gasteiger partial charge in [0, 0.05) is 23.2 Å². The van der Waals surface area contributed by atoms with E-state index in [2.05, 4.69) is 15.8 Å². The summed E-state index contributed by atoms with van der Waals surface area (Å²) >= 11 is 6.09. The van der Waals surface area contributed by atoms with Crippen LogP contribution in [-0.4, -0.2) is 17.5 Å². The molecule has 0 saturated carbocycles. The third-order valence-corrected chi connectivity index (χ3v) is 5.55. The van der Waals surface area contributed by atoms with Crippen LogP contribution in [0.1, 0.15) is 56.2 Å². The minimum absolute atomic E-state index is 0.263. The van der Waals surface area contributed by atoms with E-state index in [1.165, 1.54) is 0 Å². The summed E-state index contributed by atoms with van der Waals surface area (Å²) in [6.45, 7) is 3.80. The molecule has 2 N–H and O–H groups in total. The van der Waals surface area contributed by atoms with E-state index in [0.717, 1.165) is 17.5 Å². The highest BCUT2D eigenvalue weighted by Gasteiger charge is 2.28. The molecule has 4 rings (SSSR count). The number of carbonyl (C=O) groups excluding carboxylic acids is 2. The van der Waals surface area contributed by atoms with Crippen molar-refractivity contribution in [2.24, 2.45) is 5.10 Å². The minimum Gasteiger partial charge on any atom is -0.455 e. The molecule has 158 valence electrons. The molecule has 0 aliphatic heterocycles. The molecule has 1 aliphatic rings. The van der Waals surface area contributed by atoms with Crippen LogP contribution in [0.3, 0.4) is 0 Å². The number of anilines is 1. The van der Waals surface area contributed by atoms with Gasteiger partial charge in [0.25, 0.3) is 11.8 Å². The first-order valence-corrected chi connectivity index (χ1v) is 10.4. The number of aryl methyl sites for hydroxylation is 2. The lowest BCUT2D eigenvalue weighted by atomic mass is 9.93. The maximum absolute atomic E-state index is 12.8. The van der Waals surface area contributed by atoms with Crippen LogP contribution in [-0.2, 0) is 6.42 Å². The summed E-state index contributed by atoms with van der Waals surface area (Å²) in [5.41, 5.74) is 6.90. The number of halogens is 1. The highest BCUT2D eigenvalue weighted by Crippen LogP contribution is 2.30. The Morgan fingerprint density at radius 2 is 1.84 bits per heavy atom. The van der Waals surface area contributed by atoms with Gasteiger partial charge in [-0.2, -0.15) is 5.10 Å². The van der Waals surface area contributed by atoms with Gasteiger partial charge >= 0.3 is 0 Å². The number of hydrogen-bond acceptors (Lipinski definition) is 4. The number of amides is 2. The molecule has 2 aromatic carbocycles. The Bertz CT molecular complexity index is 1200. The fourth-order valence-corrected chi connectivity index (χ4v) is 3.95. The first-order valence-electron chi connectivity index (χ1n) is 10.1. The van der Waals surface area contributed by atoms with Crippen LogP contribution >= 0.6 is 11.6 Å². The van der Waals surface area contributed by atoms with Gasteiger partial charge in [0.1, 0.15) is 5.76 Å². The second-order valence-corrected chi connectivity index (χ2v) is 7.92. The number of fused-ring (bicyclic) bond motifs is 1. The van der Waals surface area contributed by atoms with Gasteiger partial charge in [0.2, 0.25) is 0 Å². The van der Waals surface area contributed by atoms with Crippen LogP contribution in [0.5, 0.6) is 0 Å². The maximum atomic E-state index is 12.8. The van der Waals surface area contributed by atoms with Crippen LogP contribution in [0.2, 0.25) is 5.02 Å². The summed E-state index contributed by atoms with van der Waals surface area (Å²) in [4.78, 5) is 25.3. The number of hydrazone groups is 1. The van der Waals surface area contributed by atoms with Gasteiger partial charge in [-0.3, -0.25) is 9.59 Å². The Morgan fingerprint density at radius 3 is 2.61 bits per heavy atom. The summed E-state index contributed by atoms with van der Waals surface area (Å²) < 4.78 is 5.92. The van der Waals surface area contributed by atoms with Crippen LogP contribution in [0.25, 0.3) is 0 Å². The first-order chi connectivity index (χ1) is 14.9. The largest absolute Gasteiger partial charge is 0.455 e. The fraction of sp³-hybridized carbons (Fsp3) is 0.208. The lowest BCUT2D eigenvalue weighted by Gasteiger charge is -2.13. The van der Waals surface area contributed by atoms with Crippen LogP contribution in [0, 0.1) is 13.8 Å². The molecule has 0 atom stereocenters. The number of nitrogens with one attached hydrogen (secondary N) is 2. The standard InChI is InChI=1S/C24H22ClN3O3/c1-14-7-5-8-16(13-14)26-24(30)22-15(2)21-19(11-6-12-20(21)31-22)27-28-23(29)17-9-3-4-10-18(17)25/h3-5,7-10,13H,6,11-12H2,1-2H3,(H,26,30)(H,28,29)/b27-19+. The number of benzene rings is 2. The summed E-state index contributed by atoms with van der Waals surface area (Å²) in [7, 11) is 0. The van der Waals surface area contributed by atoms with Crippen molar-refractivity contribution in [1.82, 2.24) is 5.43 Å². The summed E-state index contributed by atoms with van der Waals surface area (Å²) in [5, 5.41) is 7.58. The van der Waals surface area contributed by atoms with Crippen LogP contribution in [0.15, 0.2) is 58.0 Å². The molecule has 1 heterocycles. The Morgan fingerprint density at radius 1 is 1.03 bits per heavy atom. The molecule has 0 fully saturated rings. The molecule has 0 saturated heterocycles. The second kappa shape index (κ2) is 8.78. The van der Waals surface area contributed by atoms with Crippen molar-refractivity contribution in [1.29, 1.82) is 0 Å². The van der Waals surface area contributed by atoms with Crippen molar-refractivity contribution in [3.8, 4) is 0 Å². The number of hydrogen-bond donors (Lipinski definition) is 2. The van der Waals surface area contributed by atoms with Gasteiger partial charge in [-0.15, -0.1) is 0 Å². The van der Waals surface area contributed by atoms with Gasteiger partial charge in [0.15, 0.2) is 5.76 Å². The molecule has 2 amide bonds. The Balaban J connectivity index is 1.58. The van der Waals surface area contributed by atoms with Crippen molar-refractivity contribution >= 4 is 34.8 Å². The Labute approximate surface area is 185 Å². The third-order valence-electron chi connectivity index (χ3n) is 5.22. The molecule has 31 heavy (non-hydrogen) atoms. The van der Waals surface area contributed by atoms with Gasteiger partial charge in [-0.25, -0.2) is 5.43 Å². The normalized spacial score (nSPS) is 14.2. The molecule has 0 spiro atoms. The number of furan rings is 1. The highest BCUT2D eigenvalue weighted by atomic mass is 35.5. The van der Waals surface area contributed by atoms with Crippen molar-refractivity contribution in [3.63, 3.8) is 0 Å². The molecule has 3 aromatic rings. The van der Waals surface area contributed by atoms with Crippen molar-refractivity contribution in [2.75, 3.05) is 5.32 Å². The molecule has 0 radical (unpaired) electrons. The maximum Gasteiger partial charge on any atom is 0.291 e. The highest BCUT2D eigenvalue weighted by molar-refractivity contribution is 6.33. The number of carbonyl (C=O) groups is 2. The zero-order valence-corrected chi connectivity index (χ0v) is 18.0. The van der Waals surface area contributed by atoms with Gasteiger partial charge in [-0.1, -0.05) is 35.9 Å². The van der Waals surface area contributed by atoms with Gasteiger partial charge < -0.3 is 9.73 Å². The average molecular weight is 436 g/mol. The van der Waals surface area contributed by atoms with E-state index in [4.69, 9.17) is 16.0 Å². The Hall–Kier alpha value is -3.38.